The number of primary sulfonamides is 1. The van der Waals surface area contributed by atoms with Crippen molar-refractivity contribution in [2.45, 2.75) is 18.4 Å². The van der Waals surface area contributed by atoms with Crippen LogP contribution in [0.3, 0.4) is 0 Å². The molecule has 0 spiro atoms. The van der Waals surface area contributed by atoms with Crippen molar-refractivity contribution in [3.05, 3.63) is 46.8 Å². The van der Waals surface area contributed by atoms with Crippen LogP contribution >= 0.6 is 11.3 Å². The number of nitrogens with two attached hydrogens (primary N) is 1. The highest BCUT2D eigenvalue weighted by atomic mass is 32.2. The van der Waals surface area contributed by atoms with Crippen LogP contribution in [0.2, 0.25) is 0 Å². The summed E-state index contributed by atoms with van der Waals surface area (Å²) in [6, 6.07) is 7.52. The van der Waals surface area contributed by atoms with Crippen molar-refractivity contribution in [3.63, 3.8) is 0 Å². The molecule has 3 rings (SSSR count). The second-order valence-electron chi connectivity index (χ2n) is 7.19. The van der Waals surface area contributed by atoms with E-state index in [4.69, 9.17) is 24.1 Å². The molecule has 0 saturated carbocycles. The van der Waals surface area contributed by atoms with Crippen molar-refractivity contribution >= 4 is 49.5 Å². The molecule has 1 amide bonds. The van der Waals surface area contributed by atoms with Gasteiger partial charge in [0.25, 0.3) is 5.91 Å². The molecule has 0 aliphatic rings. The molecule has 192 valence electrons. The highest BCUT2D eigenvalue weighted by Crippen LogP contribution is 2.38. The molecule has 0 atom stereocenters. The molecular weight excluding hydrogens is 510 g/mol. The summed E-state index contributed by atoms with van der Waals surface area (Å²) >= 11 is 1.04. The summed E-state index contributed by atoms with van der Waals surface area (Å²) in [4.78, 5) is 29.1. The van der Waals surface area contributed by atoms with Crippen molar-refractivity contribution in [3.8, 4) is 17.2 Å². The number of fused-ring (bicyclic) bond motifs is 1. The maximum Gasteiger partial charge on any atom is 0.326 e. The number of rotatable bonds is 9. The van der Waals surface area contributed by atoms with E-state index in [0.29, 0.717) is 33.0 Å². The number of sulfonamides is 1. The summed E-state index contributed by atoms with van der Waals surface area (Å²) in [6.07, 6.45) is 2.77. The third-order valence-electron chi connectivity index (χ3n) is 4.89. The highest BCUT2D eigenvalue weighted by Gasteiger charge is 2.16. The third-order valence-corrected chi connectivity index (χ3v) is 6.84. The fourth-order valence-corrected chi connectivity index (χ4v) is 4.99. The van der Waals surface area contributed by atoms with Gasteiger partial charge in [-0.3, -0.25) is 9.59 Å². The van der Waals surface area contributed by atoms with Gasteiger partial charge in [0.05, 0.1) is 43.0 Å². The van der Waals surface area contributed by atoms with Crippen LogP contribution in [0.1, 0.15) is 12.5 Å². The summed E-state index contributed by atoms with van der Waals surface area (Å²) < 4.78 is 46.4. The van der Waals surface area contributed by atoms with Gasteiger partial charge in [0.15, 0.2) is 16.3 Å². The van der Waals surface area contributed by atoms with Gasteiger partial charge in [0.2, 0.25) is 15.8 Å². The predicted molar refractivity (Wildman–Crippen MR) is 134 cm³/mol. The average Bonchev–Trinajstić information content (AvgIpc) is 3.17. The highest BCUT2D eigenvalue weighted by molar-refractivity contribution is 7.89. The Kier molecular flexibility index (Phi) is 8.50. The van der Waals surface area contributed by atoms with Gasteiger partial charge in [0, 0.05) is 6.08 Å². The van der Waals surface area contributed by atoms with Crippen molar-refractivity contribution in [2.24, 2.45) is 10.1 Å². The largest absolute Gasteiger partial charge is 0.493 e. The van der Waals surface area contributed by atoms with Crippen LogP contribution < -0.4 is 24.2 Å². The molecule has 3 aromatic rings. The molecule has 0 saturated heterocycles. The lowest BCUT2D eigenvalue weighted by Gasteiger charge is -2.12. The van der Waals surface area contributed by atoms with Crippen molar-refractivity contribution < 1.29 is 37.0 Å². The third kappa shape index (κ3) is 6.11. The van der Waals surface area contributed by atoms with Crippen LogP contribution in [0.15, 0.2) is 46.3 Å². The van der Waals surface area contributed by atoms with E-state index >= 15 is 0 Å². The molecule has 1 aromatic heterocycles. The Morgan fingerprint density at radius 2 is 1.75 bits per heavy atom. The van der Waals surface area contributed by atoms with Gasteiger partial charge in [-0.1, -0.05) is 11.3 Å². The van der Waals surface area contributed by atoms with E-state index in [-0.39, 0.29) is 22.8 Å². The number of hydrogen-bond donors (Lipinski definition) is 1. The Morgan fingerprint density at radius 3 is 2.31 bits per heavy atom. The number of thiazole rings is 1. The molecule has 13 heteroatoms. The van der Waals surface area contributed by atoms with E-state index in [0.717, 1.165) is 11.3 Å². The number of amides is 1. The molecule has 2 N–H and O–H groups in total. The van der Waals surface area contributed by atoms with E-state index in [1.165, 1.54) is 56.2 Å². The summed E-state index contributed by atoms with van der Waals surface area (Å²) in [7, 11) is 0.511. The van der Waals surface area contributed by atoms with Crippen molar-refractivity contribution in [1.29, 1.82) is 0 Å². The summed E-state index contributed by atoms with van der Waals surface area (Å²) in [5.74, 6) is 0.109. The molecule has 36 heavy (non-hydrogen) atoms. The van der Waals surface area contributed by atoms with Gasteiger partial charge in [-0.2, -0.15) is 4.99 Å². The monoisotopic (exact) mass is 535 g/mol. The first kappa shape index (κ1) is 26.9. The number of esters is 1. The van der Waals surface area contributed by atoms with Crippen LogP contribution in [-0.2, 0) is 30.9 Å². The number of methoxy groups -OCH3 is 3. The Labute approximate surface area is 211 Å². The Morgan fingerprint density at radius 1 is 1.08 bits per heavy atom. The molecular formula is C23H25N3O8S2. The number of carbonyl (C=O) groups is 2. The molecule has 0 aliphatic heterocycles. The molecule has 0 aliphatic carbocycles. The van der Waals surface area contributed by atoms with Gasteiger partial charge in [-0.05, 0) is 48.9 Å². The van der Waals surface area contributed by atoms with E-state index in [1.54, 1.807) is 19.1 Å². The second kappa shape index (κ2) is 11.4. The maximum atomic E-state index is 12.7. The lowest BCUT2D eigenvalue weighted by molar-refractivity contribution is -0.143. The summed E-state index contributed by atoms with van der Waals surface area (Å²) in [6.45, 7) is 1.64. The standard InChI is InChI=1S/C23H25N3O8S2/c1-5-34-21(28)13-26-16-8-7-15(36(24,29)30)12-19(16)35-23(26)25-20(27)9-6-14-10-17(31-2)22(33-4)18(11-14)32-3/h6-12H,5,13H2,1-4H3,(H2,24,29,30). The molecule has 0 unspecified atom stereocenters. The lowest BCUT2D eigenvalue weighted by Crippen LogP contribution is -2.22. The van der Waals surface area contributed by atoms with Crippen LogP contribution in [0.25, 0.3) is 16.3 Å². The van der Waals surface area contributed by atoms with Gasteiger partial charge >= 0.3 is 5.97 Å². The first-order valence-corrected chi connectivity index (χ1v) is 12.9. The van der Waals surface area contributed by atoms with Crippen LogP contribution in [0.4, 0.5) is 0 Å². The zero-order valence-electron chi connectivity index (χ0n) is 20.0. The minimum absolute atomic E-state index is 0.0975. The average molecular weight is 536 g/mol. The van der Waals surface area contributed by atoms with Gasteiger partial charge in [0.1, 0.15) is 6.54 Å². The second-order valence-corrected chi connectivity index (χ2v) is 9.76. The number of aromatic nitrogens is 1. The van der Waals surface area contributed by atoms with Crippen LogP contribution in [0.5, 0.6) is 17.2 Å². The Bertz CT molecular complexity index is 1480. The van der Waals surface area contributed by atoms with E-state index in [9.17, 15) is 18.0 Å². The van der Waals surface area contributed by atoms with Crippen molar-refractivity contribution in [1.82, 2.24) is 4.57 Å². The SMILES string of the molecule is CCOC(=O)Cn1c(=NC(=O)C=Cc2cc(OC)c(OC)c(OC)c2)sc2cc(S(N)(=O)=O)ccc21. The fourth-order valence-electron chi connectivity index (χ4n) is 3.30. The van der Waals surface area contributed by atoms with Gasteiger partial charge < -0.3 is 23.5 Å². The van der Waals surface area contributed by atoms with Crippen LogP contribution in [0, 0.1) is 0 Å². The molecule has 11 nitrogen and oxygen atoms in total. The molecule has 0 fully saturated rings. The van der Waals surface area contributed by atoms with Crippen LogP contribution in [-0.4, -0.2) is 52.8 Å². The lowest BCUT2D eigenvalue weighted by atomic mass is 10.1. The number of nitrogens with zero attached hydrogens (tertiary/aromatic N) is 2. The number of carbonyl (C=O) groups excluding carboxylic acids is 2. The summed E-state index contributed by atoms with van der Waals surface area (Å²) in [5.41, 5.74) is 1.10. The van der Waals surface area contributed by atoms with Gasteiger partial charge in [-0.25, -0.2) is 13.6 Å². The first-order valence-electron chi connectivity index (χ1n) is 10.5. The minimum Gasteiger partial charge on any atom is -0.493 e. The zero-order chi connectivity index (χ0) is 26.5. The molecule has 1 heterocycles. The maximum absolute atomic E-state index is 12.7. The smallest absolute Gasteiger partial charge is 0.326 e. The summed E-state index contributed by atoms with van der Waals surface area (Å²) in [5, 5.41) is 5.23. The van der Waals surface area contributed by atoms with E-state index in [1.807, 2.05) is 0 Å². The number of hydrogen-bond acceptors (Lipinski definition) is 9. The first-order chi connectivity index (χ1) is 17.1. The quantitative estimate of drug-likeness (QED) is 0.323. The molecule has 2 aromatic carbocycles. The molecule has 0 bridgehead atoms. The number of ether oxygens (including phenoxy) is 4. The van der Waals surface area contributed by atoms with E-state index in [2.05, 4.69) is 4.99 Å². The van der Waals surface area contributed by atoms with Gasteiger partial charge in [-0.15, -0.1) is 0 Å². The minimum atomic E-state index is -3.94. The Hall–Kier alpha value is -3.68. The number of benzene rings is 2. The molecule has 0 radical (unpaired) electrons. The fraction of sp³-hybridized carbons (Fsp3) is 0.261. The normalized spacial score (nSPS) is 12.2. The topological polar surface area (TPSA) is 149 Å². The Balaban J connectivity index is 2.04. The van der Waals surface area contributed by atoms with Crippen molar-refractivity contribution in [2.75, 3.05) is 27.9 Å². The van der Waals surface area contributed by atoms with E-state index < -0.39 is 21.9 Å². The predicted octanol–water partition coefficient (Wildman–Crippen LogP) is 2.08. The zero-order valence-corrected chi connectivity index (χ0v) is 21.6.